The lowest BCUT2D eigenvalue weighted by Crippen LogP contribution is -2.17. The van der Waals surface area contributed by atoms with Crippen molar-refractivity contribution in [3.8, 4) is 22.4 Å². The van der Waals surface area contributed by atoms with E-state index in [4.69, 9.17) is 14.4 Å². The topological polar surface area (TPSA) is 42.2 Å². The third-order valence-corrected chi connectivity index (χ3v) is 7.99. The third-order valence-electron chi connectivity index (χ3n) is 7.99. The standard InChI is InChI=1S/C36H21N3O/c1-2-10-24-21-25(20-19-22(24)9-1)33-35-34(28-14-4-6-18-31(28)40-35)38-36(37-33)39-29-16-5-3-13-26(29)27-15-7-11-23-12-8-17-30(39)32(23)27/h1-21H. The van der Waals surface area contributed by atoms with Gasteiger partial charge in [0.25, 0.3) is 0 Å². The average Bonchev–Trinajstić information content (AvgIpc) is 3.39. The Kier molecular flexibility index (Phi) is 4.30. The number of aromatic nitrogens is 2. The van der Waals surface area contributed by atoms with Crippen LogP contribution in [0.15, 0.2) is 132 Å². The molecule has 0 amide bonds. The fourth-order valence-corrected chi connectivity index (χ4v) is 6.18. The number of hydrogen-bond donors (Lipinski definition) is 0. The zero-order valence-corrected chi connectivity index (χ0v) is 21.4. The maximum absolute atomic E-state index is 6.43. The normalized spacial score (nSPS) is 12.4. The highest BCUT2D eigenvalue weighted by Gasteiger charge is 2.29. The van der Waals surface area contributed by atoms with Crippen molar-refractivity contribution < 1.29 is 4.42 Å². The van der Waals surface area contributed by atoms with Crippen LogP contribution in [0.2, 0.25) is 0 Å². The van der Waals surface area contributed by atoms with Crippen LogP contribution < -0.4 is 4.90 Å². The molecule has 0 saturated carbocycles. The molecule has 8 aromatic rings. The van der Waals surface area contributed by atoms with Crippen LogP contribution in [-0.2, 0) is 0 Å². The van der Waals surface area contributed by atoms with Crippen molar-refractivity contribution in [3.05, 3.63) is 127 Å². The summed E-state index contributed by atoms with van der Waals surface area (Å²) in [5.74, 6) is 0.622. The molecule has 0 saturated heterocycles. The van der Waals surface area contributed by atoms with Crippen molar-refractivity contribution in [2.45, 2.75) is 0 Å². The highest BCUT2D eigenvalue weighted by molar-refractivity contribution is 6.14. The van der Waals surface area contributed by atoms with Gasteiger partial charge >= 0.3 is 0 Å². The number of anilines is 3. The Hall–Kier alpha value is -5.48. The second-order valence-corrected chi connectivity index (χ2v) is 10.2. The van der Waals surface area contributed by atoms with Crippen LogP contribution in [0.5, 0.6) is 0 Å². The van der Waals surface area contributed by atoms with Gasteiger partial charge in [0.1, 0.15) is 16.8 Å². The van der Waals surface area contributed by atoms with Gasteiger partial charge in [0.2, 0.25) is 5.95 Å². The molecule has 9 rings (SSSR count). The van der Waals surface area contributed by atoms with Gasteiger partial charge in [-0.3, -0.25) is 4.90 Å². The van der Waals surface area contributed by atoms with Gasteiger partial charge in [-0.15, -0.1) is 0 Å². The smallest absolute Gasteiger partial charge is 0.236 e. The second-order valence-electron chi connectivity index (χ2n) is 10.2. The van der Waals surface area contributed by atoms with Gasteiger partial charge in [0.15, 0.2) is 5.58 Å². The lowest BCUT2D eigenvalue weighted by Gasteiger charge is -2.32. The first-order chi connectivity index (χ1) is 19.8. The van der Waals surface area contributed by atoms with Crippen molar-refractivity contribution in [1.29, 1.82) is 0 Å². The summed E-state index contributed by atoms with van der Waals surface area (Å²) in [6.45, 7) is 0. The molecule has 6 aromatic carbocycles. The van der Waals surface area contributed by atoms with E-state index in [2.05, 4.69) is 114 Å². The molecule has 2 aromatic heterocycles. The van der Waals surface area contributed by atoms with E-state index in [1.807, 2.05) is 18.2 Å². The molecule has 3 heterocycles. The van der Waals surface area contributed by atoms with E-state index in [-0.39, 0.29) is 0 Å². The van der Waals surface area contributed by atoms with Gasteiger partial charge < -0.3 is 4.42 Å². The molecule has 40 heavy (non-hydrogen) atoms. The summed E-state index contributed by atoms with van der Waals surface area (Å²) >= 11 is 0. The molecular weight excluding hydrogens is 490 g/mol. The van der Waals surface area contributed by atoms with E-state index in [1.54, 1.807) is 0 Å². The molecule has 0 N–H and O–H groups in total. The number of benzene rings is 6. The zero-order chi connectivity index (χ0) is 26.2. The predicted octanol–water partition coefficient (Wildman–Crippen LogP) is 9.80. The Bertz CT molecular complexity index is 2290. The SMILES string of the molecule is c1ccc2c(c1)-c1cccc3cccc(c13)N2c1nc(-c2ccc3ccccc3c2)c2oc3ccccc3c2n1. The molecule has 4 heteroatoms. The van der Waals surface area contributed by atoms with Gasteiger partial charge in [-0.05, 0) is 52.1 Å². The van der Waals surface area contributed by atoms with Crippen molar-refractivity contribution in [3.63, 3.8) is 0 Å². The number of nitrogens with zero attached hydrogens (tertiary/aromatic N) is 3. The van der Waals surface area contributed by atoms with Crippen LogP contribution in [0, 0.1) is 0 Å². The molecule has 1 aliphatic heterocycles. The van der Waals surface area contributed by atoms with Crippen molar-refractivity contribution in [2.75, 3.05) is 4.90 Å². The zero-order valence-electron chi connectivity index (χ0n) is 21.4. The second kappa shape index (κ2) is 8.01. The minimum Gasteiger partial charge on any atom is -0.452 e. The first-order valence-electron chi connectivity index (χ1n) is 13.4. The van der Waals surface area contributed by atoms with Crippen molar-refractivity contribution in [1.82, 2.24) is 9.97 Å². The van der Waals surface area contributed by atoms with E-state index in [9.17, 15) is 0 Å². The lowest BCUT2D eigenvalue weighted by atomic mass is 9.91. The Balaban J connectivity index is 1.40. The predicted molar refractivity (Wildman–Crippen MR) is 163 cm³/mol. The van der Waals surface area contributed by atoms with Gasteiger partial charge in [0, 0.05) is 21.9 Å². The minimum atomic E-state index is 0.622. The number of para-hydroxylation sites is 2. The Morgan fingerprint density at radius 3 is 2.23 bits per heavy atom. The summed E-state index contributed by atoms with van der Waals surface area (Å²) in [6.07, 6.45) is 0. The first-order valence-corrected chi connectivity index (χ1v) is 13.4. The van der Waals surface area contributed by atoms with E-state index in [0.717, 1.165) is 44.5 Å². The molecule has 0 aliphatic carbocycles. The highest BCUT2D eigenvalue weighted by Crippen LogP contribution is 2.50. The largest absolute Gasteiger partial charge is 0.452 e. The maximum Gasteiger partial charge on any atom is 0.236 e. The van der Waals surface area contributed by atoms with E-state index in [1.165, 1.54) is 27.3 Å². The summed E-state index contributed by atoms with van der Waals surface area (Å²) in [6, 6.07) is 44.4. The molecule has 186 valence electrons. The summed E-state index contributed by atoms with van der Waals surface area (Å²) < 4.78 is 6.43. The number of fused-ring (bicyclic) bond motifs is 6. The van der Waals surface area contributed by atoms with Crippen LogP contribution >= 0.6 is 0 Å². The first kappa shape index (κ1) is 21.5. The number of hydrogen-bond acceptors (Lipinski definition) is 4. The summed E-state index contributed by atoms with van der Waals surface area (Å²) in [5.41, 5.74) is 8.62. The lowest BCUT2D eigenvalue weighted by molar-refractivity contribution is 0.667. The molecule has 0 fully saturated rings. The Morgan fingerprint density at radius 1 is 0.550 bits per heavy atom. The van der Waals surface area contributed by atoms with Crippen molar-refractivity contribution in [2.24, 2.45) is 0 Å². The van der Waals surface area contributed by atoms with Gasteiger partial charge in [-0.25, -0.2) is 9.97 Å². The Labute approximate surface area is 229 Å². The molecule has 0 bridgehead atoms. The van der Waals surface area contributed by atoms with E-state index in [0.29, 0.717) is 11.5 Å². The number of rotatable bonds is 2. The molecule has 0 unspecified atom stereocenters. The molecule has 1 aliphatic rings. The quantitative estimate of drug-likeness (QED) is 0.232. The third kappa shape index (κ3) is 2.96. The summed E-state index contributed by atoms with van der Waals surface area (Å²) in [5, 5.41) is 5.73. The van der Waals surface area contributed by atoms with Crippen LogP contribution in [-0.4, -0.2) is 9.97 Å². The molecule has 0 atom stereocenters. The maximum atomic E-state index is 6.43. The highest BCUT2D eigenvalue weighted by atomic mass is 16.3. The molecule has 4 nitrogen and oxygen atoms in total. The summed E-state index contributed by atoms with van der Waals surface area (Å²) in [7, 11) is 0. The van der Waals surface area contributed by atoms with Gasteiger partial charge in [-0.2, -0.15) is 0 Å². The van der Waals surface area contributed by atoms with E-state index < -0.39 is 0 Å². The van der Waals surface area contributed by atoms with Gasteiger partial charge in [-0.1, -0.05) is 97.1 Å². The molecule has 0 spiro atoms. The summed E-state index contributed by atoms with van der Waals surface area (Å²) in [4.78, 5) is 12.7. The fraction of sp³-hybridized carbons (Fsp3) is 0. The van der Waals surface area contributed by atoms with E-state index >= 15 is 0 Å². The van der Waals surface area contributed by atoms with Crippen LogP contribution in [0.3, 0.4) is 0 Å². The molecular formula is C36H21N3O. The monoisotopic (exact) mass is 511 g/mol. The Morgan fingerprint density at radius 2 is 1.27 bits per heavy atom. The van der Waals surface area contributed by atoms with Crippen LogP contribution in [0.25, 0.3) is 66.0 Å². The minimum absolute atomic E-state index is 0.622. The fourth-order valence-electron chi connectivity index (χ4n) is 6.18. The van der Waals surface area contributed by atoms with Crippen molar-refractivity contribution >= 4 is 60.9 Å². The van der Waals surface area contributed by atoms with Crippen LogP contribution in [0.4, 0.5) is 17.3 Å². The number of furan rings is 1. The van der Waals surface area contributed by atoms with Gasteiger partial charge in [0.05, 0.1) is 11.4 Å². The average molecular weight is 512 g/mol. The molecule has 0 radical (unpaired) electrons. The van der Waals surface area contributed by atoms with Crippen LogP contribution in [0.1, 0.15) is 0 Å².